The second-order valence-electron chi connectivity index (χ2n) is 4.15. The molecule has 3 N–H and O–H groups in total. The second kappa shape index (κ2) is 6.07. The van der Waals surface area contributed by atoms with E-state index in [1.54, 1.807) is 0 Å². The predicted molar refractivity (Wildman–Crippen MR) is 69.1 cm³/mol. The van der Waals surface area contributed by atoms with Crippen LogP contribution in [0.2, 0.25) is 0 Å². The summed E-state index contributed by atoms with van der Waals surface area (Å²) in [6.07, 6.45) is 2.39. The lowest BCUT2D eigenvalue weighted by Gasteiger charge is -2.26. The van der Waals surface area contributed by atoms with Crippen LogP contribution >= 0.6 is 11.5 Å². The molecule has 0 aliphatic rings. The van der Waals surface area contributed by atoms with Crippen molar-refractivity contribution in [1.29, 1.82) is 0 Å². The van der Waals surface area contributed by atoms with E-state index in [2.05, 4.69) is 14.9 Å². The van der Waals surface area contributed by atoms with Crippen LogP contribution < -0.4 is 11.1 Å². The van der Waals surface area contributed by atoms with Gasteiger partial charge in [-0.3, -0.25) is 4.79 Å². The fourth-order valence-corrected chi connectivity index (χ4v) is 2.12. The fourth-order valence-electron chi connectivity index (χ4n) is 1.45. The van der Waals surface area contributed by atoms with Crippen molar-refractivity contribution in [3.63, 3.8) is 0 Å². The number of nitrogens with one attached hydrogen (secondary N) is 1. The molecule has 5 nitrogen and oxygen atoms in total. The van der Waals surface area contributed by atoms with E-state index in [1.165, 1.54) is 0 Å². The molecule has 0 aromatic carbocycles. The minimum atomic E-state index is -0.319. The summed E-state index contributed by atoms with van der Waals surface area (Å²) in [5.74, 6) is -0.117. The Kier molecular flexibility index (Phi) is 5.02. The zero-order valence-corrected chi connectivity index (χ0v) is 11.4. The second-order valence-corrected chi connectivity index (χ2v) is 4.91. The summed E-state index contributed by atoms with van der Waals surface area (Å²) in [6, 6.07) is 0. The van der Waals surface area contributed by atoms with Gasteiger partial charge in [-0.15, -0.1) is 5.10 Å². The number of hydrogen-bond donors (Lipinski definition) is 2. The molecule has 0 atom stereocenters. The van der Waals surface area contributed by atoms with Crippen molar-refractivity contribution in [1.82, 2.24) is 14.9 Å². The molecule has 0 saturated heterocycles. The van der Waals surface area contributed by atoms with Crippen molar-refractivity contribution in [3.8, 4) is 0 Å². The number of amides is 1. The Labute approximate surface area is 106 Å². The zero-order valence-electron chi connectivity index (χ0n) is 10.6. The van der Waals surface area contributed by atoms with Crippen LogP contribution in [0.1, 0.15) is 49.0 Å². The summed E-state index contributed by atoms with van der Waals surface area (Å²) < 4.78 is 3.80. The third-order valence-corrected chi connectivity index (χ3v) is 3.87. The molecule has 96 valence electrons. The quantitative estimate of drug-likeness (QED) is 0.805. The van der Waals surface area contributed by atoms with Crippen molar-refractivity contribution < 1.29 is 4.79 Å². The Balaban J connectivity index is 2.62. The van der Waals surface area contributed by atoms with Crippen molar-refractivity contribution in [2.75, 3.05) is 6.54 Å². The molecule has 1 rings (SSSR count). The lowest BCUT2D eigenvalue weighted by molar-refractivity contribution is 0.0945. The van der Waals surface area contributed by atoms with Crippen LogP contribution in [-0.4, -0.2) is 27.6 Å². The normalized spacial score (nSPS) is 11.5. The molecule has 0 bridgehead atoms. The van der Waals surface area contributed by atoms with Crippen molar-refractivity contribution >= 4 is 17.4 Å². The van der Waals surface area contributed by atoms with Crippen LogP contribution in [-0.2, 0) is 6.42 Å². The molecule has 1 amide bonds. The highest BCUT2D eigenvalue weighted by atomic mass is 32.1. The van der Waals surface area contributed by atoms with Gasteiger partial charge in [-0.2, -0.15) is 0 Å². The maximum Gasteiger partial charge on any atom is 0.265 e. The van der Waals surface area contributed by atoms with E-state index < -0.39 is 0 Å². The summed E-state index contributed by atoms with van der Waals surface area (Å²) in [4.78, 5) is 12.5. The first-order valence-corrected chi connectivity index (χ1v) is 6.72. The van der Waals surface area contributed by atoms with E-state index in [1.807, 2.05) is 20.8 Å². The summed E-state index contributed by atoms with van der Waals surface area (Å²) >= 11 is 1.13. The average Bonchev–Trinajstić information content (AvgIpc) is 2.83. The lowest BCUT2D eigenvalue weighted by Crippen LogP contribution is -2.49. The van der Waals surface area contributed by atoms with Crippen molar-refractivity contribution in [2.24, 2.45) is 5.73 Å². The van der Waals surface area contributed by atoms with Crippen LogP contribution in [0.5, 0.6) is 0 Å². The summed E-state index contributed by atoms with van der Waals surface area (Å²) in [5, 5.41) is 6.79. The molecule has 0 aliphatic carbocycles. The number of aryl methyl sites for hydroxylation is 1. The van der Waals surface area contributed by atoms with Gasteiger partial charge in [0.05, 0.1) is 5.69 Å². The van der Waals surface area contributed by atoms with Crippen molar-refractivity contribution in [2.45, 2.75) is 45.6 Å². The van der Waals surface area contributed by atoms with Crippen molar-refractivity contribution in [3.05, 3.63) is 10.6 Å². The molecule has 6 heteroatoms. The molecule has 0 unspecified atom stereocenters. The van der Waals surface area contributed by atoms with Gasteiger partial charge in [-0.05, 0) is 30.8 Å². The van der Waals surface area contributed by atoms with Gasteiger partial charge in [-0.25, -0.2) is 0 Å². The largest absolute Gasteiger partial charge is 0.349 e. The highest BCUT2D eigenvalue weighted by Gasteiger charge is 2.22. The fraction of sp³-hybridized carbons (Fsp3) is 0.727. The van der Waals surface area contributed by atoms with Crippen LogP contribution in [0, 0.1) is 0 Å². The van der Waals surface area contributed by atoms with E-state index in [9.17, 15) is 4.79 Å². The number of aromatic nitrogens is 2. The number of nitrogens with zero attached hydrogens (tertiary/aromatic N) is 2. The van der Waals surface area contributed by atoms with Gasteiger partial charge in [0.1, 0.15) is 4.88 Å². The molecule has 0 radical (unpaired) electrons. The Morgan fingerprint density at radius 1 is 1.41 bits per heavy atom. The van der Waals surface area contributed by atoms with Crippen LogP contribution in [0.4, 0.5) is 0 Å². The molecule has 0 saturated carbocycles. The van der Waals surface area contributed by atoms with Gasteiger partial charge in [0, 0.05) is 12.1 Å². The first kappa shape index (κ1) is 14.1. The van der Waals surface area contributed by atoms with E-state index in [0.29, 0.717) is 17.8 Å². The summed E-state index contributed by atoms with van der Waals surface area (Å²) in [6.45, 7) is 6.50. The smallest absolute Gasteiger partial charge is 0.265 e. The van der Waals surface area contributed by atoms with E-state index >= 15 is 0 Å². The third kappa shape index (κ3) is 3.47. The molecule has 1 heterocycles. The summed E-state index contributed by atoms with van der Waals surface area (Å²) in [5.41, 5.74) is 6.56. The molecule has 0 fully saturated rings. The van der Waals surface area contributed by atoms with Gasteiger partial charge < -0.3 is 11.1 Å². The maximum atomic E-state index is 11.9. The van der Waals surface area contributed by atoms with Crippen LogP contribution in [0.15, 0.2) is 0 Å². The van der Waals surface area contributed by atoms with E-state index in [4.69, 9.17) is 5.73 Å². The van der Waals surface area contributed by atoms with Gasteiger partial charge in [-0.1, -0.05) is 25.3 Å². The Morgan fingerprint density at radius 2 is 2.06 bits per heavy atom. The Morgan fingerprint density at radius 3 is 2.59 bits per heavy atom. The SMILES string of the molecule is CCc1nnsc1C(=O)NCC(N)(CC)CC. The Hall–Kier alpha value is -1.01. The molecule has 1 aromatic rings. The van der Waals surface area contributed by atoms with Gasteiger partial charge in [0.25, 0.3) is 5.91 Å². The molecule has 1 aromatic heterocycles. The molecule has 17 heavy (non-hydrogen) atoms. The maximum absolute atomic E-state index is 11.9. The number of carbonyl (C=O) groups is 1. The molecule has 0 aliphatic heterocycles. The van der Waals surface area contributed by atoms with E-state index in [0.717, 1.165) is 30.1 Å². The monoisotopic (exact) mass is 256 g/mol. The third-order valence-electron chi connectivity index (χ3n) is 3.11. The first-order chi connectivity index (χ1) is 8.06. The number of nitrogens with two attached hydrogens (primary N) is 1. The number of hydrogen-bond acceptors (Lipinski definition) is 5. The van der Waals surface area contributed by atoms with Gasteiger partial charge in [0.2, 0.25) is 0 Å². The summed E-state index contributed by atoms with van der Waals surface area (Å²) in [7, 11) is 0. The topological polar surface area (TPSA) is 80.9 Å². The van der Waals surface area contributed by atoms with Gasteiger partial charge in [0.15, 0.2) is 0 Å². The van der Waals surface area contributed by atoms with Crippen LogP contribution in [0.25, 0.3) is 0 Å². The Bertz CT molecular complexity index is 373. The zero-order chi connectivity index (χ0) is 12.9. The number of carbonyl (C=O) groups excluding carboxylic acids is 1. The first-order valence-electron chi connectivity index (χ1n) is 5.94. The molecule has 0 spiro atoms. The average molecular weight is 256 g/mol. The highest BCUT2D eigenvalue weighted by Crippen LogP contribution is 2.13. The minimum Gasteiger partial charge on any atom is -0.349 e. The number of rotatable bonds is 6. The predicted octanol–water partition coefficient (Wildman–Crippen LogP) is 1.35. The van der Waals surface area contributed by atoms with Crippen LogP contribution in [0.3, 0.4) is 0 Å². The minimum absolute atomic E-state index is 0.117. The molecular weight excluding hydrogens is 236 g/mol. The van der Waals surface area contributed by atoms with E-state index in [-0.39, 0.29) is 11.4 Å². The lowest BCUT2D eigenvalue weighted by atomic mass is 9.94. The standard InChI is InChI=1S/C11H20N4OS/c1-4-8-9(17-15-14-8)10(16)13-7-11(12,5-2)6-3/h4-7,12H2,1-3H3,(H,13,16). The molecular formula is C11H20N4OS. The highest BCUT2D eigenvalue weighted by molar-refractivity contribution is 7.08. The van der Waals surface area contributed by atoms with Gasteiger partial charge >= 0.3 is 0 Å².